The van der Waals surface area contributed by atoms with Crippen LogP contribution in [0.4, 0.5) is 5.69 Å². The Morgan fingerprint density at radius 3 is 2.81 bits per heavy atom. The van der Waals surface area contributed by atoms with Crippen LogP contribution in [0.2, 0.25) is 0 Å². The maximum absolute atomic E-state index is 12.1. The molecular formula is C20H25N3O3S. The summed E-state index contributed by atoms with van der Waals surface area (Å²) in [6, 6.07) is 11.2. The number of para-hydroxylation sites is 1. The molecule has 1 saturated heterocycles. The van der Waals surface area contributed by atoms with Gasteiger partial charge in [0.25, 0.3) is 0 Å². The molecule has 0 spiro atoms. The molecule has 1 N–H and O–H groups in total. The van der Waals surface area contributed by atoms with E-state index in [4.69, 9.17) is 21.4 Å². The molecule has 0 bridgehead atoms. The lowest BCUT2D eigenvalue weighted by molar-refractivity contribution is 0.0527. The fourth-order valence-corrected chi connectivity index (χ4v) is 3.42. The number of anilines is 1. The molecule has 0 amide bonds. The van der Waals surface area contributed by atoms with Crippen LogP contribution in [0, 0.1) is 0 Å². The number of furan rings is 1. The highest BCUT2D eigenvalue weighted by Gasteiger charge is 2.19. The first-order valence-electron chi connectivity index (χ1n) is 9.24. The normalized spacial score (nSPS) is 15.2. The van der Waals surface area contributed by atoms with E-state index in [1.54, 1.807) is 19.3 Å². The summed E-state index contributed by atoms with van der Waals surface area (Å²) in [6.45, 7) is 6.56. The van der Waals surface area contributed by atoms with Crippen molar-refractivity contribution in [2.24, 2.45) is 0 Å². The van der Waals surface area contributed by atoms with E-state index in [2.05, 4.69) is 15.1 Å². The molecule has 1 fully saturated rings. The smallest absolute Gasteiger partial charge is 0.340 e. The summed E-state index contributed by atoms with van der Waals surface area (Å²) in [6.07, 6.45) is 2.72. The number of esters is 1. The molecule has 0 radical (unpaired) electrons. The summed E-state index contributed by atoms with van der Waals surface area (Å²) in [5.74, 6) is 0.636. The first kappa shape index (κ1) is 19.4. The number of nitrogens with one attached hydrogen (secondary N) is 1. The van der Waals surface area contributed by atoms with Gasteiger partial charge in [-0.05, 0) is 49.8 Å². The number of nitrogens with zero attached hydrogens (tertiary/aromatic N) is 2. The number of ether oxygens (including phenoxy) is 1. The monoisotopic (exact) mass is 387 g/mol. The van der Waals surface area contributed by atoms with Gasteiger partial charge in [-0.25, -0.2) is 4.79 Å². The fraction of sp³-hybridized carbons (Fsp3) is 0.400. The van der Waals surface area contributed by atoms with E-state index in [0.717, 1.165) is 44.9 Å². The van der Waals surface area contributed by atoms with Crippen LogP contribution in [-0.2, 0) is 11.3 Å². The third kappa shape index (κ3) is 5.30. The number of carbonyl (C=O) groups excluding carboxylic acids is 1. The van der Waals surface area contributed by atoms with Gasteiger partial charge in [-0.3, -0.25) is 4.90 Å². The van der Waals surface area contributed by atoms with Crippen molar-refractivity contribution in [2.45, 2.75) is 19.9 Å². The maximum Gasteiger partial charge on any atom is 0.340 e. The Morgan fingerprint density at radius 1 is 1.19 bits per heavy atom. The minimum Gasteiger partial charge on any atom is -0.468 e. The fourth-order valence-electron chi connectivity index (χ4n) is 3.13. The number of carbonyl (C=O) groups is 1. The molecule has 0 atom stereocenters. The summed E-state index contributed by atoms with van der Waals surface area (Å²) >= 11 is 5.61. The van der Waals surface area contributed by atoms with E-state index in [1.165, 1.54) is 0 Å². The summed E-state index contributed by atoms with van der Waals surface area (Å²) in [4.78, 5) is 16.7. The van der Waals surface area contributed by atoms with Crippen molar-refractivity contribution in [3.8, 4) is 0 Å². The largest absolute Gasteiger partial charge is 0.468 e. The quantitative estimate of drug-likeness (QED) is 0.623. The molecule has 1 aromatic carbocycles. The van der Waals surface area contributed by atoms with Gasteiger partial charge in [-0.15, -0.1) is 0 Å². The molecule has 3 rings (SSSR count). The molecule has 144 valence electrons. The molecule has 1 aliphatic rings. The van der Waals surface area contributed by atoms with Crippen molar-refractivity contribution < 1.29 is 13.9 Å². The zero-order valence-corrected chi connectivity index (χ0v) is 16.3. The van der Waals surface area contributed by atoms with Crippen molar-refractivity contribution >= 4 is 29.0 Å². The predicted octanol–water partition coefficient (Wildman–Crippen LogP) is 3.36. The zero-order chi connectivity index (χ0) is 19.1. The SMILES string of the molecule is CCOC(=O)c1ccccc1NC(=S)N1CCCN(Cc2ccco2)CC1. The van der Waals surface area contributed by atoms with Crippen molar-refractivity contribution in [3.63, 3.8) is 0 Å². The van der Waals surface area contributed by atoms with E-state index in [-0.39, 0.29) is 5.97 Å². The Morgan fingerprint density at radius 2 is 2.04 bits per heavy atom. The maximum atomic E-state index is 12.1. The van der Waals surface area contributed by atoms with Crippen molar-refractivity contribution in [3.05, 3.63) is 54.0 Å². The minimum atomic E-state index is -0.344. The van der Waals surface area contributed by atoms with Crippen LogP contribution in [0.15, 0.2) is 47.1 Å². The van der Waals surface area contributed by atoms with Crippen LogP contribution in [0.5, 0.6) is 0 Å². The molecule has 6 nitrogen and oxygen atoms in total. The van der Waals surface area contributed by atoms with Gasteiger partial charge in [0.2, 0.25) is 0 Å². The lowest BCUT2D eigenvalue weighted by atomic mass is 10.2. The Labute approximate surface area is 165 Å². The highest BCUT2D eigenvalue weighted by molar-refractivity contribution is 7.80. The summed E-state index contributed by atoms with van der Waals surface area (Å²) in [5.41, 5.74) is 1.17. The number of hydrogen-bond donors (Lipinski definition) is 1. The number of thiocarbonyl (C=S) groups is 1. The summed E-state index contributed by atoms with van der Waals surface area (Å²) < 4.78 is 10.6. The third-order valence-corrected chi connectivity index (χ3v) is 4.86. The van der Waals surface area contributed by atoms with E-state index >= 15 is 0 Å². The van der Waals surface area contributed by atoms with Crippen molar-refractivity contribution in [2.75, 3.05) is 38.1 Å². The highest BCUT2D eigenvalue weighted by atomic mass is 32.1. The van der Waals surface area contributed by atoms with E-state index in [0.29, 0.717) is 23.0 Å². The van der Waals surface area contributed by atoms with E-state index in [9.17, 15) is 4.79 Å². The number of benzene rings is 1. The number of rotatable bonds is 5. The van der Waals surface area contributed by atoms with Crippen LogP contribution in [0.3, 0.4) is 0 Å². The average Bonchev–Trinajstić information content (AvgIpc) is 3.06. The molecule has 7 heteroatoms. The Bertz CT molecular complexity index is 764. The molecule has 1 aromatic heterocycles. The van der Waals surface area contributed by atoms with Gasteiger partial charge in [-0.2, -0.15) is 0 Å². The summed E-state index contributed by atoms with van der Waals surface area (Å²) in [5, 5.41) is 3.86. The van der Waals surface area contributed by atoms with Crippen LogP contribution in [0.1, 0.15) is 29.5 Å². The van der Waals surface area contributed by atoms with Gasteiger partial charge in [0.05, 0.1) is 30.7 Å². The van der Waals surface area contributed by atoms with E-state index in [1.807, 2.05) is 30.3 Å². The van der Waals surface area contributed by atoms with Gasteiger partial charge in [0, 0.05) is 26.2 Å². The van der Waals surface area contributed by atoms with Gasteiger partial charge >= 0.3 is 5.97 Å². The van der Waals surface area contributed by atoms with Crippen LogP contribution >= 0.6 is 12.2 Å². The van der Waals surface area contributed by atoms with Gasteiger partial charge in [0.1, 0.15) is 5.76 Å². The lowest BCUT2D eigenvalue weighted by Gasteiger charge is -2.25. The second kappa shape index (κ2) is 9.53. The third-order valence-electron chi connectivity index (χ3n) is 4.50. The molecular weight excluding hydrogens is 362 g/mol. The van der Waals surface area contributed by atoms with Crippen LogP contribution in [-0.4, -0.2) is 53.7 Å². The van der Waals surface area contributed by atoms with Gasteiger partial charge in [0.15, 0.2) is 5.11 Å². The second-order valence-corrected chi connectivity index (χ2v) is 6.78. The Hall–Kier alpha value is -2.38. The molecule has 0 saturated carbocycles. The standard InChI is InChI=1S/C20H25N3O3S/c1-2-25-19(24)17-8-3-4-9-18(17)21-20(27)23-11-6-10-22(12-13-23)15-16-7-5-14-26-16/h3-5,7-9,14H,2,6,10-13,15H2,1H3,(H,21,27). The zero-order valence-electron chi connectivity index (χ0n) is 15.5. The van der Waals surface area contributed by atoms with E-state index < -0.39 is 0 Å². The van der Waals surface area contributed by atoms with Gasteiger partial charge < -0.3 is 19.4 Å². The molecule has 2 heterocycles. The van der Waals surface area contributed by atoms with Crippen molar-refractivity contribution in [1.82, 2.24) is 9.80 Å². The van der Waals surface area contributed by atoms with Crippen LogP contribution < -0.4 is 5.32 Å². The minimum absolute atomic E-state index is 0.343. The molecule has 27 heavy (non-hydrogen) atoms. The number of hydrogen-bond acceptors (Lipinski definition) is 5. The molecule has 0 unspecified atom stereocenters. The molecule has 2 aromatic rings. The second-order valence-electron chi connectivity index (χ2n) is 6.39. The predicted molar refractivity (Wildman–Crippen MR) is 109 cm³/mol. The highest BCUT2D eigenvalue weighted by Crippen LogP contribution is 2.18. The summed E-state index contributed by atoms with van der Waals surface area (Å²) in [7, 11) is 0. The Balaban J connectivity index is 1.59. The van der Waals surface area contributed by atoms with Crippen molar-refractivity contribution in [1.29, 1.82) is 0 Å². The molecule has 0 aliphatic carbocycles. The topological polar surface area (TPSA) is 58.0 Å². The van der Waals surface area contributed by atoms with Gasteiger partial charge in [-0.1, -0.05) is 12.1 Å². The first-order valence-corrected chi connectivity index (χ1v) is 9.65. The average molecular weight is 388 g/mol. The lowest BCUT2D eigenvalue weighted by Crippen LogP contribution is -2.38. The van der Waals surface area contributed by atoms with Crippen LogP contribution in [0.25, 0.3) is 0 Å². The molecule has 1 aliphatic heterocycles. The Kier molecular flexibility index (Phi) is 6.84. The first-order chi connectivity index (χ1) is 13.2.